The topological polar surface area (TPSA) is 66.8 Å². The summed E-state index contributed by atoms with van der Waals surface area (Å²) in [5, 5.41) is 3.48. The maximum Gasteiger partial charge on any atom is 0.223 e. The SMILES string of the molecule is c1ccc(CN2CCC(Nc3nccc(-c4ccccn4)n3)CC2)nc1. The van der Waals surface area contributed by atoms with Crippen LogP contribution in [-0.2, 0) is 6.54 Å². The second-order valence-corrected chi connectivity index (χ2v) is 6.50. The largest absolute Gasteiger partial charge is 0.351 e. The summed E-state index contributed by atoms with van der Waals surface area (Å²) in [6, 6.07) is 14.2. The number of rotatable bonds is 5. The molecule has 4 rings (SSSR count). The molecule has 0 aromatic carbocycles. The third-order valence-corrected chi connectivity index (χ3v) is 4.62. The molecule has 3 aromatic heterocycles. The number of piperidine rings is 1. The van der Waals surface area contributed by atoms with Gasteiger partial charge in [-0.3, -0.25) is 14.9 Å². The number of hydrogen-bond acceptors (Lipinski definition) is 6. The highest BCUT2D eigenvalue weighted by molar-refractivity contribution is 5.54. The Morgan fingerprint density at radius 1 is 0.846 bits per heavy atom. The molecule has 1 aliphatic heterocycles. The number of nitrogens with one attached hydrogen (secondary N) is 1. The van der Waals surface area contributed by atoms with Crippen molar-refractivity contribution in [2.75, 3.05) is 18.4 Å². The average Bonchev–Trinajstić information content (AvgIpc) is 2.71. The fraction of sp³-hybridized carbons (Fsp3) is 0.300. The summed E-state index contributed by atoms with van der Waals surface area (Å²) in [7, 11) is 0. The van der Waals surface area contributed by atoms with Gasteiger partial charge in [-0.15, -0.1) is 0 Å². The van der Waals surface area contributed by atoms with Crippen LogP contribution >= 0.6 is 0 Å². The Bertz CT molecular complexity index is 816. The summed E-state index contributed by atoms with van der Waals surface area (Å²) in [6.07, 6.45) is 7.57. The van der Waals surface area contributed by atoms with Gasteiger partial charge in [-0.2, -0.15) is 0 Å². The van der Waals surface area contributed by atoms with Crippen LogP contribution < -0.4 is 5.32 Å². The third-order valence-electron chi connectivity index (χ3n) is 4.62. The molecule has 0 aliphatic carbocycles. The van der Waals surface area contributed by atoms with Gasteiger partial charge >= 0.3 is 0 Å². The van der Waals surface area contributed by atoms with Gasteiger partial charge < -0.3 is 5.32 Å². The number of likely N-dealkylation sites (tertiary alicyclic amines) is 1. The van der Waals surface area contributed by atoms with Crippen molar-refractivity contribution in [1.82, 2.24) is 24.8 Å². The van der Waals surface area contributed by atoms with Crippen molar-refractivity contribution >= 4 is 5.95 Å². The zero-order chi connectivity index (χ0) is 17.6. The second kappa shape index (κ2) is 8.01. The van der Waals surface area contributed by atoms with E-state index in [0.717, 1.165) is 49.6 Å². The van der Waals surface area contributed by atoms with E-state index in [4.69, 9.17) is 0 Å². The quantitative estimate of drug-likeness (QED) is 0.766. The highest BCUT2D eigenvalue weighted by atomic mass is 15.2. The highest BCUT2D eigenvalue weighted by Gasteiger charge is 2.20. The van der Waals surface area contributed by atoms with Gasteiger partial charge in [-0.25, -0.2) is 9.97 Å². The van der Waals surface area contributed by atoms with E-state index < -0.39 is 0 Å². The van der Waals surface area contributed by atoms with Gasteiger partial charge in [0.2, 0.25) is 5.95 Å². The zero-order valence-corrected chi connectivity index (χ0v) is 14.6. The molecule has 0 amide bonds. The molecule has 1 fully saturated rings. The van der Waals surface area contributed by atoms with Crippen molar-refractivity contribution in [1.29, 1.82) is 0 Å². The third kappa shape index (κ3) is 4.21. The van der Waals surface area contributed by atoms with E-state index in [1.807, 2.05) is 42.6 Å². The van der Waals surface area contributed by atoms with Crippen molar-refractivity contribution in [2.45, 2.75) is 25.4 Å². The first-order valence-electron chi connectivity index (χ1n) is 9.00. The Morgan fingerprint density at radius 2 is 1.65 bits per heavy atom. The fourth-order valence-corrected chi connectivity index (χ4v) is 3.22. The van der Waals surface area contributed by atoms with Gasteiger partial charge in [0.1, 0.15) is 0 Å². The minimum Gasteiger partial charge on any atom is -0.351 e. The summed E-state index contributed by atoms with van der Waals surface area (Å²) in [6.45, 7) is 3.02. The van der Waals surface area contributed by atoms with Gasteiger partial charge in [-0.1, -0.05) is 12.1 Å². The Morgan fingerprint density at radius 3 is 2.38 bits per heavy atom. The molecule has 0 radical (unpaired) electrons. The van der Waals surface area contributed by atoms with Crippen LogP contribution in [0, 0.1) is 0 Å². The van der Waals surface area contributed by atoms with E-state index in [0.29, 0.717) is 12.0 Å². The van der Waals surface area contributed by atoms with E-state index in [1.54, 1.807) is 12.4 Å². The van der Waals surface area contributed by atoms with E-state index in [2.05, 4.69) is 36.2 Å². The molecule has 1 aliphatic rings. The lowest BCUT2D eigenvalue weighted by Crippen LogP contribution is -2.39. The normalized spacial score (nSPS) is 15.7. The van der Waals surface area contributed by atoms with Crippen molar-refractivity contribution < 1.29 is 0 Å². The lowest BCUT2D eigenvalue weighted by Gasteiger charge is -2.32. The summed E-state index contributed by atoms with van der Waals surface area (Å²) in [5.41, 5.74) is 2.84. The molecule has 0 unspecified atom stereocenters. The van der Waals surface area contributed by atoms with Gasteiger partial charge in [0.25, 0.3) is 0 Å². The standard InChI is InChI=1S/C20H22N6/c1-3-10-21-17(5-1)15-26-13-8-16(9-14-26)24-20-23-12-7-19(25-20)18-6-2-4-11-22-18/h1-7,10-12,16H,8-9,13-15H2,(H,23,24,25). The highest BCUT2D eigenvalue weighted by Crippen LogP contribution is 2.18. The number of pyridine rings is 2. The lowest BCUT2D eigenvalue weighted by atomic mass is 10.1. The first kappa shape index (κ1) is 16.6. The Labute approximate surface area is 153 Å². The molecule has 1 saturated heterocycles. The maximum absolute atomic E-state index is 4.62. The first-order valence-corrected chi connectivity index (χ1v) is 9.00. The molecule has 4 heterocycles. The number of nitrogens with zero attached hydrogens (tertiary/aromatic N) is 5. The van der Waals surface area contributed by atoms with Crippen molar-refractivity contribution in [3.05, 3.63) is 66.7 Å². The molecule has 0 atom stereocenters. The van der Waals surface area contributed by atoms with Crippen LogP contribution in [0.5, 0.6) is 0 Å². The summed E-state index contributed by atoms with van der Waals surface area (Å²) in [5.74, 6) is 0.677. The van der Waals surface area contributed by atoms with E-state index in [9.17, 15) is 0 Å². The molecular formula is C20H22N6. The summed E-state index contributed by atoms with van der Waals surface area (Å²) in [4.78, 5) is 20.2. The van der Waals surface area contributed by atoms with E-state index in [1.165, 1.54) is 0 Å². The molecular weight excluding hydrogens is 324 g/mol. The molecule has 3 aromatic rings. The predicted octanol–water partition coefficient (Wildman–Crippen LogP) is 3.01. The number of aromatic nitrogens is 4. The minimum atomic E-state index is 0.397. The van der Waals surface area contributed by atoms with Crippen LogP contribution in [0.15, 0.2) is 61.1 Å². The minimum absolute atomic E-state index is 0.397. The molecule has 6 nitrogen and oxygen atoms in total. The number of hydrogen-bond donors (Lipinski definition) is 1. The Balaban J connectivity index is 1.33. The molecule has 1 N–H and O–H groups in total. The predicted molar refractivity (Wildman–Crippen MR) is 101 cm³/mol. The summed E-state index contributed by atoms with van der Waals surface area (Å²) < 4.78 is 0. The van der Waals surface area contributed by atoms with Gasteiger partial charge in [0.05, 0.1) is 17.1 Å². The molecule has 0 bridgehead atoms. The lowest BCUT2D eigenvalue weighted by molar-refractivity contribution is 0.209. The fourth-order valence-electron chi connectivity index (χ4n) is 3.22. The van der Waals surface area contributed by atoms with Crippen LogP contribution in [0.4, 0.5) is 5.95 Å². The van der Waals surface area contributed by atoms with Crippen LogP contribution in [-0.4, -0.2) is 44.0 Å². The van der Waals surface area contributed by atoms with Crippen molar-refractivity contribution in [3.8, 4) is 11.4 Å². The monoisotopic (exact) mass is 346 g/mol. The molecule has 26 heavy (non-hydrogen) atoms. The average molecular weight is 346 g/mol. The first-order chi connectivity index (χ1) is 12.9. The van der Waals surface area contributed by atoms with Gasteiger partial charge in [0, 0.05) is 44.3 Å². The van der Waals surface area contributed by atoms with E-state index in [-0.39, 0.29) is 0 Å². The zero-order valence-electron chi connectivity index (χ0n) is 14.6. The summed E-state index contributed by atoms with van der Waals surface area (Å²) >= 11 is 0. The molecule has 0 spiro atoms. The van der Waals surface area contributed by atoms with Crippen molar-refractivity contribution in [2.24, 2.45) is 0 Å². The van der Waals surface area contributed by atoms with Gasteiger partial charge in [0.15, 0.2) is 0 Å². The smallest absolute Gasteiger partial charge is 0.223 e. The van der Waals surface area contributed by atoms with Crippen molar-refractivity contribution in [3.63, 3.8) is 0 Å². The van der Waals surface area contributed by atoms with Crippen LogP contribution in [0.2, 0.25) is 0 Å². The molecule has 132 valence electrons. The van der Waals surface area contributed by atoms with Gasteiger partial charge in [-0.05, 0) is 43.2 Å². The van der Waals surface area contributed by atoms with Crippen LogP contribution in [0.25, 0.3) is 11.4 Å². The van der Waals surface area contributed by atoms with Crippen LogP contribution in [0.1, 0.15) is 18.5 Å². The Hall–Kier alpha value is -2.86. The van der Waals surface area contributed by atoms with E-state index >= 15 is 0 Å². The molecule has 0 saturated carbocycles. The molecule has 6 heteroatoms. The second-order valence-electron chi connectivity index (χ2n) is 6.50. The Kier molecular flexibility index (Phi) is 5.12. The number of anilines is 1. The van der Waals surface area contributed by atoms with Crippen LogP contribution in [0.3, 0.4) is 0 Å². The maximum atomic E-state index is 4.62.